The highest BCUT2D eigenvalue weighted by Gasteiger charge is 2.19. The molecule has 2 aromatic rings. The molecular formula is C17H18FNO. The number of anilines is 1. The first-order valence-corrected chi connectivity index (χ1v) is 6.99. The summed E-state index contributed by atoms with van der Waals surface area (Å²) in [6.45, 7) is 1.37. The molecule has 20 heavy (non-hydrogen) atoms. The third-order valence-electron chi connectivity index (χ3n) is 3.91. The van der Waals surface area contributed by atoms with Crippen molar-refractivity contribution in [1.29, 1.82) is 0 Å². The SMILES string of the molecule is OCc1cccc(F)c1N1CCCc2ccccc2C1. The van der Waals surface area contributed by atoms with Crippen LogP contribution in [0.3, 0.4) is 0 Å². The van der Waals surface area contributed by atoms with Crippen molar-refractivity contribution in [3.63, 3.8) is 0 Å². The van der Waals surface area contributed by atoms with Crippen molar-refractivity contribution in [3.05, 3.63) is 65.0 Å². The van der Waals surface area contributed by atoms with Gasteiger partial charge in [-0.3, -0.25) is 0 Å². The molecule has 0 aromatic heterocycles. The van der Waals surface area contributed by atoms with Crippen LogP contribution in [0.15, 0.2) is 42.5 Å². The zero-order chi connectivity index (χ0) is 13.9. The van der Waals surface area contributed by atoms with Crippen LogP contribution in [0.25, 0.3) is 0 Å². The van der Waals surface area contributed by atoms with Gasteiger partial charge in [0.25, 0.3) is 0 Å². The van der Waals surface area contributed by atoms with Gasteiger partial charge in [-0.1, -0.05) is 36.4 Å². The Labute approximate surface area is 118 Å². The molecule has 0 unspecified atom stereocenters. The van der Waals surface area contributed by atoms with Gasteiger partial charge in [0.05, 0.1) is 12.3 Å². The van der Waals surface area contributed by atoms with E-state index in [0.717, 1.165) is 19.4 Å². The van der Waals surface area contributed by atoms with Crippen molar-refractivity contribution in [2.45, 2.75) is 26.0 Å². The highest BCUT2D eigenvalue weighted by molar-refractivity contribution is 5.55. The second-order valence-corrected chi connectivity index (χ2v) is 5.20. The van der Waals surface area contributed by atoms with E-state index in [1.165, 1.54) is 17.2 Å². The Morgan fingerprint density at radius 3 is 2.65 bits per heavy atom. The molecule has 1 N–H and O–H groups in total. The zero-order valence-corrected chi connectivity index (χ0v) is 11.3. The van der Waals surface area contributed by atoms with Crippen LogP contribution in [0.1, 0.15) is 23.1 Å². The van der Waals surface area contributed by atoms with E-state index in [9.17, 15) is 9.50 Å². The van der Waals surface area contributed by atoms with Crippen LogP contribution in [0.4, 0.5) is 10.1 Å². The Morgan fingerprint density at radius 1 is 1.05 bits per heavy atom. The topological polar surface area (TPSA) is 23.5 Å². The lowest BCUT2D eigenvalue weighted by Crippen LogP contribution is -2.25. The van der Waals surface area contributed by atoms with Crippen molar-refractivity contribution in [1.82, 2.24) is 0 Å². The third kappa shape index (κ3) is 2.41. The van der Waals surface area contributed by atoms with E-state index >= 15 is 0 Å². The summed E-state index contributed by atoms with van der Waals surface area (Å²) in [6.07, 6.45) is 2.02. The first-order chi connectivity index (χ1) is 9.79. The molecule has 0 radical (unpaired) electrons. The van der Waals surface area contributed by atoms with Crippen molar-refractivity contribution in [2.75, 3.05) is 11.4 Å². The molecule has 0 aliphatic carbocycles. The van der Waals surface area contributed by atoms with Gasteiger partial charge in [0.15, 0.2) is 0 Å². The molecule has 104 valence electrons. The largest absolute Gasteiger partial charge is 0.392 e. The van der Waals surface area contributed by atoms with E-state index in [1.54, 1.807) is 12.1 Å². The number of hydrogen-bond donors (Lipinski definition) is 1. The molecule has 0 amide bonds. The number of aliphatic hydroxyl groups excluding tert-OH is 1. The predicted octanol–water partition coefficient (Wildman–Crippen LogP) is 3.27. The van der Waals surface area contributed by atoms with Crippen LogP contribution < -0.4 is 4.90 Å². The Balaban J connectivity index is 2.00. The molecule has 1 aliphatic heterocycles. The van der Waals surface area contributed by atoms with E-state index in [-0.39, 0.29) is 12.4 Å². The molecule has 3 rings (SSSR count). The van der Waals surface area contributed by atoms with Gasteiger partial charge in [0, 0.05) is 18.7 Å². The van der Waals surface area contributed by atoms with E-state index in [2.05, 4.69) is 18.2 Å². The molecule has 1 heterocycles. The van der Waals surface area contributed by atoms with Crippen molar-refractivity contribution in [3.8, 4) is 0 Å². The third-order valence-corrected chi connectivity index (χ3v) is 3.91. The molecule has 1 aliphatic rings. The van der Waals surface area contributed by atoms with E-state index in [4.69, 9.17) is 0 Å². The summed E-state index contributed by atoms with van der Waals surface area (Å²) in [6, 6.07) is 13.2. The van der Waals surface area contributed by atoms with Crippen molar-refractivity contribution >= 4 is 5.69 Å². The number of benzene rings is 2. The second-order valence-electron chi connectivity index (χ2n) is 5.20. The lowest BCUT2D eigenvalue weighted by atomic mass is 10.0. The summed E-state index contributed by atoms with van der Waals surface area (Å²) < 4.78 is 14.2. The van der Waals surface area contributed by atoms with Crippen molar-refractivity contribution < 1.29 is 9.50 Å². The number of nitrogens with zero attached hydrogens (tertiary/aromatic N) is 1. The second kappa shape index (κ2) is 5.63. The number of fused-ring (bicyclic) bond motifs is 1. The Hall–Kier alpha value is -1.87. The number of hydrogen-bond acceptors (Lipinski definition) is 2. The molecule has 0 bridgehead atoms. The molecule has 0 saturated carbocycles. The maximum atomic E-state index is 14.2. The minimum Gasteiger partial charge on any atom is -0.392 e. The first kappa shape index (κ1) is 13.1. The zero-order valence-electron chi connectivity index (χ0n) is 11.3. The van der Waals surface area contributed by atoms with Crippen molar-refractivity contribution in [2.24, 2.45) is 0 Å². The van der Waals surface area contributed by atoms with E-state index in [1.807, 2.05) is 11.0 Å². The highest BCUT2D eigenvalue weighted by Crippen LogP contribution is 2.29. The number of aryl methyl sites for hydroxylation is 1. The summed E-state index contributed by atoms with van der Waals surface area (Å²) >= 11 is 0. The molecule has 3 heteroatoms. The van der Waals surface area contributed by atoms with Crippen LogP contribution >= 0.6 is 0 Å². The maximum Gasteiger partial charge on any atom is 0.146 e. The predicted molar refractivity (Wildman–Crippen MR) is 78.1 cm³/mol. The average molecular weight is 271 g/mol. The van der Waals surface area contributed by atoms with Gasteiger partial charge in [-0.15, -0.1) is 0 Å². The van der Waals surface area contributed by atoms with Gasteiger partial charge in [0.1, 0.15) is 5.82 Å². The van der Waals surface area contributed by atoms with Crippen LogP contribution in [-0.2, 0) is 19.6 Å². The molecule has 0 saturated heterocycles. The van der Waals surface area contributed by atoms with Crippen LogP contribution in [0.5, 0.6) is 0 Å². The first-order valence-electron chi connectivity index (χ1n) is 6.99. The molecule has 0 atom stereocenters. The number of aliphatic hydroxyl groups is 1. The monoisotopic (exact) mass is 271 g/mol. The fourth-order valence-corrected chi connectivity index (χ4v) is 2.93. The van der Waals surface area contributed by atoms with Gasteiger partial charge >= 0.3 is 0 Å². The minimum atomic E-state index is -0.254. The summed E-state index contributed by atoms with van der Waals surface area (Å²) in [4.78, 5) is 2.05. The lowest BCUT2D eigenvalue weighted by molar-refractivity contribution is 0.281. The quantitative estimate of drug-likeness (QED) is 0.906. The number of rotatable bonds is 2. The van der Waals surface area contributed by atoms with E-state index < -0.39 is 0 Å². The van der Waals surface area contributed by atoms with Crippen LogP contribution in [-0.4, -0.2) is 11.7 Å². The van der Waals surface area contributed by atoms with Gasteiger partial charge in [-0.25, -0.2) is 4.39 Å². The van der Waals surface area contributed by atoms with Gasteiger partial charge in [-0.05, 0) is 30.0 Å². The van der Waals surface area contributed by atoms with Crippen LogP contribution in [0.2, 0.25) is 0 Å². The number of halogens is 1. The molecular weight excluding hydrogens is 253 g/mol. The lowest BCUT2D eigenvalue weighted by Gasteiger charge is -2.26. The summed E-state index contributed by atoms with van der Waals surface area (Å²) in [7, 11) is 0. The minimum absolute atomic E-state index is 0.134. The van der Waals surface area contributed by atoms with Gasteiger partial charge < -0.3 is 10.0 Å². The van der Waals surface area contributed by atoms with Crippen LogP contribution in [0, 0.1) is 5.82 Å². The van der Waals surface area contributed by atoms with E-state index in [0.29, 0.717) is 17.8 Å². The fraction of sp³-hybridized carbons (Fsp3) is 0.294. The summed E-state index contributed by atoms with van der Waals surface area (Å²) in [5.74, 6) is -0.254. The maximum absolute atomic E-state index is 14.2. The summed E-state index contributed by atoms with van der Waals surface area (Å²) in [5, 5.41) is 9.45. The number of para-hydroxylation sites is 1. The Bertz CT molecular complexity index is 612. The fourth-order valence-electron chi connectivity index (χ4n) is 2.93. The van der Waals surface area contributed by atoms with Gasteiger partial charge in [0.2, 0.25) is 0 Å². The molecule has 2 aromatic carbocycles. The molecule has 0 fully saturated rings. The molecule has 0 spiro atoms. The smallest absolute Gasteiger partial charge is 0.146 e. The Morgan fingerprint density at radius 2 is 1.85 bits per heavy atom. The Kier molecular flexibility index (Phi) is 3.70. The normalized spacial score (nSPS) is 14.8. The standard InChI is InChI=1S/C17H18FNO/c18-16-9-3-7-15(12-20)17(16)19-10-4-8-13-5-1-2-6-14(13)11-19/h1-3,5-7,9,20H,4,8,10-12H2. The average Bonchev–Trinajstić information content (AvgIpc) is 2.68. The highest BCUT2D eigenvalue weighted by atomic mass is 19.1. The summed E-state index contributed by atoms with van der Waals surface area (Å²) in [5.41, 5.74) is 3.80. The molecule has 2 nitrogen and oxygen atoms in total. The van der Waals surface area contributed by atoms with Gasteiger partial charge in [-0.2, -0.15) is 0 Å².